The third kappa shape index (κ3) is 2.82. The van der Waals surface area contributed by atoms with Gasteiger partial charge in [-0.25, -0.2) is 0 Å². The van der Waals surface area contributed by atoms with Gasteiger partial charge in [-0.1, -0.05) is 25.1 Å². The highest BCUT2D eigenvalue weighted by Gasteiger charge is 2.22. The summed E-state index contributed by atoms with van der Waals surface area (Å²) in [5, 5.41) is 3.34. The van der Waals surface area contributed by atoms with Crippen LogP contribution in [0.3, 0.4) is 0 Å². The first-order valence-electron chi connectivity index (χ1n) is 6.95. The predicted octanol–water partition coefficient (Wildman–Crippen LogP) is 2.60. The molecule has 1 aliphatic heterocycles. The SMILES string of the molecule is CCNCc1ccn(CC2Cc3ccccc3O2)c1. The van der Waals surface area contributed by atoms with Crippen molar-refractivity contribution in [2.24, 2.45) is 0 Å². The fourth-order valence-electron chi connectivity index (χ4n) is 2.57. The molecule has 1 aromatic carbocycles. The van der Waals surface area contributed by atoms with Gasteiger partial charge < -0.3 is 14.6 Å². The molecule has 1 unspecified atom stereocenters. The lowest BCUT2D eigenvalue weighted by molar-refractivity contribution is 0.209. The van der Waals surface area contributed by atoms with Crippen LogP contribution in [0.1, 0.15) is 18.1 Å². The molecule has 0 spiro atoms. The van der Waals surface area contributed by atoms with E-state index in [0.717, 1.165) is 31.8 Å². The summed E-state index contributed by atoms with van der Waals surface area (Å²) >= 11 is 0. The minimum Gasteiger partial charge on any atom is -0.488 e. The molecular formula is C16H20N2O. The van der Waals surface area contributed by atoms with Crippen molar-refractivity contribution >= 4 is 0 Å². The molecule has 0 bridgehead atoms. The number of hydrogen-bond acceptors (Lipinski definition) is 2. The van der Waals surface area contributed by atoms with Gasteiger partial charge >= 0.3 is 0 Å². The molecule has 2 heterocycles. The highest BCUT2D eigenvalue weighted by molar-refractivity contribution is 5.37. The average molecular weight is 256 g/mol. The van der Waals surface area contributed by atoms with E-state index in [1.54, 1.807) is 0 Å². The first-order chi connectivity index (χ1) is 9.35. The Hall–Kier alpha value is -1.74. The molecule has 0 fully saturated rings. The van der Waals surface area contributed by atoms with Crippen molar-refractivity contribution in [3.8, 4) is 5.75 Å². The van der Waals surface area contributed by atoms with Gasteiger partial charge in [-0.15, -0.1) is 0 Å². The van der Waals surface area contributed by atoms with Crippen molar-refractivity contribution < 1.29 is 4.74 Å². The van der Waals surface area contributed by atoms with Crippen LogP contribution in [0.2, 0.25) is 0 Å². The van der Waals surface area contributed by atoms with Gasteiger partial charge in [0.1, 0.15) is 11.9 Å². The molecule has 3 nitrogen and oxygen atoms in total. The van der Waals surface area contributed by atoms with Crippen LogP contribution in [0.15, 0.2) is 42.7 Å². The van der Waals surface area contributed by atoms with Gasteiger partial charge in [-0.3, -0.25) is 0 Å². The molecule has 1 aromatic heterocycles. The molecule has 100 valence electrons. The number of benzene rings is 1. The van der Waals surface area contributed by atoms with Crippen LogP contribution in [-0.4, -0.2) is 17.2 Å². The Morgan fingerprint density at radius 1 is 1.32 bits per heavy atom. The summed E-state index contributed by atoms with van der Waals surface area (Å²) in [5.74, 6) is 1.05. The maximum absolute atomic E-state index is 5.96. The van der Waals surface area contributed by atoms with Crippen molar-refractivity contribution in [2.45, 2.75) is 32.5 Å². The van der Waals surface area contributed by atoms with Crippen molar-refractivity contribution in [2.75, 3.05) is 6.54 Å². The van der Waals surface area contributed by atoms with Crippen molar-refractivity contribution in [3.05, 3.63) is 53.9 Å². The van der Waals surface area contributed by atoms with Gasteiger partial charge in [0.25, 0.3) is 0 Å². The number of para-hydroxylation sites is 1. The molecule has 1 aliphatic rings. The molecule has 0 saturated heterocycles. The zero-order chi connectivity index (χ0) is 13.1. The monoisotopic (exact) mass is 256 g/mol. The smallest absolute Gasteiger partial charge is 0.123 e. The topological polar surface area (TPSA) is 26.2 Å². The fourth-order valence-corrected chi connectivity index (χ4v) is 2.57. The normalized spacial score (nSPS) is 17.2. The van der Waals surface area contributed by atoms with E-state index in [-0.39, 0.29) is 6.10 Å². The molecule has 1 atom stereocenters. The van der Waals surface area contributed by atoms with Crippen molar-refractivity contribution in [3.63, 3.8) is 0 Å². The molecule has 3 heteroatoms. The summed E-state index contributed by atoms with van der Waals surface area (Å²) in [6.07, 6.45) is 5.61. The number of fused-ring (bicyclic) bond motifs is 1. The summed E-state index contributed by atoms with van der Waals surface area (Å²) in [6, 6.07) is 10.5. The third-order valence-electron chi connectivity index (χ3n) is 3.52. The van der Waals surface area contributed by atoms with Crippen LogP contribution in [0, 0.1) is 0 Å². The number of rotatable bonds is 5. The Labute approximate surface area is 114 Å². The molecule has 0 saturated carbocycles. The van der Waals surface area contributed by atoms with Crippen molar-refractivity contribution in [1.29, 1.82) is 0 Å². The van der Waals surface area contributed by atoms with E-state index in [1.165, 1.54) is 11.1 Å². The number of nitrogens with one attached hydrogen (secondary N) is 1. The molecule has 0 aliphatic carbocycles. The molecule has 19 heavy (non-hydrogen) atoms. The zero-order valence-electron chi connectivity index (χ0n) is 11.3. The Kier molecular flexibility index (Phi) is 3.56. The zero-order valence-corrected chi connectivity index (χ0v) is 11.3. The van der Waals surface area contributed by atoms with Crippen LogP contribution in [0.25, 0.3) is 0 Å². The van der Waals surface area contributed by atoms with Gasteiger partial charge in [0.05, 0.1) is 6.54 Å². The summed E-state index contributed by atoms with van der Waals surface area (Å²) in [6.45, 7) is 4.99. The van der Waals surface area contributed by atoms with E-state index < -0.39 is 0 Å². The number of ether oxygens (including phenoxy) is 1. The van der Waals surface area contributed by atoms with E-state index in [1.807, 2.05) is 6.07 Å². The lowest BCUT2D eigenvalue weighted by Gasteiger charge is -2.11. The fraction of sp³-hybridized carbons (Fsp3) is 0.375. The maximum Gasteiger partial charge on any atom is 0.123 e. The second kappa shape index (κ2) is 5.49. The molecule has 2 aromatic rings. The summed E-state index contributed by atoms with van der Waals surface area (Å²) < 4.78 is 8.19. The first-order valence-corrected chi connectivity index (χ1v) is 6.95. The van der Waals surface area contributed by atoms with Gasteiger partial charge in [-0.05, 0) is 29.8 Å². The quantitative estimate of drug-likeness (QED) is 0.890. The predicted molar refractivity (Wildman–Crippen MR) is 76.4 cm³/mol. The van der Waals surface area contributed by atoms with E-state index >= 15 is 0 Å². The third-order valence-corrected chi connectivity index (χ3v) is 3.52. The molecule has 1 N–H and O–H groups in total. The van der Waals surface area contributed by atoms with Crippen LogP contribution >= 0.6 is 0 Å². The van der Waals surface area contributed by atoms with E-state index in [2.05, 4.69) is 53.5 Å². The number of nitrogens with zero attached hydrogens (tertiary/aromatic N) is 1. The molecule has 3 rings (SSSR count). The Bertz CT molecular complexity index is 522. The van der Waals surface area contributed by atoms with E-state index in [4.69, 9.17) is 4.74 Å². The van der Waals surface area contributed by atoms with E-state index in [9.17, 15) is 0 Å². The van der Waals surface area contributed by atoms with Gasteiger partial charge in [0.15, 0.2) is 0 Å². The lowest BCUT2D eigenvalue weighted by Crippen LogP contribution is -2.20. The summed E-state index contributed by atoms with van der Waals surface area (Å²) in [4.78, 5) is 0. The van der Waals surface area contributed by atoms with Crippen LogP contribution < -0.4 is 10.1 Å². The van der Waals surface area contributed by atoms with Gasteiger partial charge in [-0.2, -0.15) is 0 Å². The number of hydrogen-bond donors (Lipinski definition) is 1. The average Bonchev–Trinajstić information content (AvgIpc) is 3.02. The van der Waals surface area contributed by atoms with E-state index in [0.29, 0.717) is 0 Å². The van der Waals surface area contributed by atoms with Gasteiger partial charge in [0, 0.05) is 25.4 Å². The van der Waals surface area contributed by atoms with Crippen LogP contribution in [-0.2, 0) is 19.5 Å². The summed E-state index contributed by atoms with van der Waals surface area (Å²) in [7, 11) is 0. The molecule has 0 amide bonds. The second-order valence-electron chi connectivity index (χ2n) is 5.05. The second-order valence-corrected chi connectivity index (χ2v) is 5.05. The molecular weight excluding hydrogens is 236 g/mol. The number of aromatic nitrogens is 1. The maximum atomic E-state index is 5.96. The standard InChI is InChI=1S/C16H20N2O/c1-2-17-10-13-7-8-18(11-13)12-15-9-14-5-3-4-6-16(14)19-15/h3-8,11,15,17H,2,9-10,12H2,1H3. The highest BCUT2D eigenvalue weighted by Crippen LogP contribution is 2.28. The van der Waals surface area contributed by atoms with Crippen LogP contribution in [0.5, 0.6) is 5.75 Å². The Morgan fingerprint density at radius 2 is 2.21 bits per heavy atom. The Balaban J connectivity index is 1.60. The Morgan fingerprint density at radius 3 is 3.05 bits per heavy atom. The van der Waals surface area contributed by atoms with Gasteiger partial charge in [0.2, 0.25) is 0 Å². The largest absolute Gasteiger partial charge is 0.488 e. The minimum atomic E-state index is 0.261. The van der Waals surface area contributed by atoms with Crippen LogP contribution in [0.4, 0.5) is 0 Å². The molecule has 0 radical (unpaired) electrons. The summed E-state index contributed by atoms with van der Waals surface area (Å²) in [5.41, 5.74) is 2.66. The first kappa shape index (κ1) is 12.3. The van der Waals surface area contributed by atoms with Crippen molar-refractivity contribution in [1.82, 2.24) is 9.88 Å². The lowest BCUT2D eigenvalue weighted by atomic mass is 10.1. The highest BCUT2D eigenvalue weighted by atomic mass is 16.5. The minimum absolute atomic E-state index is 0.261.